The molecule has 1 aliphatic rings. The van der Waals surface area contributed by atoms with Crippen LogP contribution in [0.5, 0.6) is 0 Å². The number of ether oxygens (including phenoxy) is 2. The molecule has 0 aromatic heterocycles. The molecule has 1 aromatic rings. The predicted molar refractivity (Wildman–Crippen MR) is 114 cm³/mol. The van der Waals surface area contributed by atoms with Gasteiger partial charge in [-0.2, -0.15) is 0 Å². The monoisotopic (exact) mass is 390 g/mol. The van der Waals surface area contributed by atoms with Crippen LogP contribution in [0.2, 0.25) is 0 Å². The van der Waals surface area contributed by atoms with Gasteiger partial charge in [-0.05, 0) is 59.2 Å². The lowest BCUT2D eigenvalue weighted by molar-refractivity contribution is -0.0467. The van der Waals surface area contributed by atoms with Gasteiger partial charge in [0.25, 0.3) is 5.91 Å². The molecule has 0 radical (unpaired) electrons. The molecule has 5 nitrogen and oxygen atoms in total. The second-order valence-electron chi connectivity index (χ2n) is 8.52. The molecule has 5 heteroatoms. The number of hydrogen-bond donors (Lipinski definition) is 0. The summed E-state index contributed by atoms with van der Waals surface area (Å²) in [5.41, 5.74) is 0.380. The van der Waals surface area contributed by atoms with Crippen molar-refractivity contribution in [2.24, 2.45) is 0 Å². The van der Waals surface area contributed by atoms with E-state index < -0.39 is 0 Å². The summed E-state index contributed by atoms with van der Waals surface area (Å²) in [6.45, 7) is 14.0. The van der Waals surface area contributed by atoms with Crippen molar-refractivity contribution in [1.82, 2.24) is 9.80 Å². The first kappa shape index (κ1) is 22.9. The van der Waals surface area contributed by atoms with Crippen LogP contribution in [0, 0.1) is 0 Å². The van der Waals surface area contributed by atoms with Crippen molar-refractivity contribution in [1.29, 1.82) is 0 Å². The van der Waals surface area contributed by atoms with Crippen LogP contribution in [-0.2, 0) is 9.47 Å². The van der Waals surface area contributed by atoms with E-state index >= 15 is 0 Å². The summed E-state index contributed by atoms with van der Waals surface area (Å²) in [7, 11) is 0. The summed E-state index contributed by atoms with van der Waals surface area (Å²) in [5, 5.41) is 0. The molecule has 0 N–H and O–H groups in total. The van der Waals surface area contributed by atoms with Gasteiger partial charge in [-0.3, -0.25) is 9.69 Å². The largest absolute Gasteiger partial charge is 0.377 e. The first-order valence-corrected chi connectivity index (χ1v) is 10.7. The molecule has 0 unspecified atom stereocenters. The Morgan fingerprint density at radius 3 is 2.54 bits per heavy atom. The second-order valence-corrected chi connectivity index (χ2v) is 8.52. The summed E-state index contributed by atoms with van der Waals surface area (Å²) in [6, 6.07) is 9.57. The van der Waals surface area contributed by atoms with Crippen LogP contribution >= 0.6 is 0 Å². The molecule has 1 aliphatic heterocycles. The summed E-state index contributed by atoms with van der Waals surface area (Å²) in [4.78, 5) is 17.4. The number of nitrogens with zero attached hydrogens (tertiary/aromatic N) is 2. The minimum absolute atomic E-state index is 0.0989. The van der Waals surface area contributed by atoms with Gasteiger partial charge in [0, 0.05) is 31.7 Å². The van der Waals surface area contributed by atoms with E-state index in [4.69, 9.17) is 9.47 Å². The van der Waals surface area contributed by atoms with E-state index in [1.54, 1.807) is 0 Å². The number of carbonyl (C=O) groups excluding carboxylic acids is 1. The summed E-state index contributed by atoms with van der Waals surface area (Å²) in [5.74, 6) is 0.0989. The topological polar surface area (TPSA) is 42.0 Å². The smallest absolute Gasteiger partial charge is 0.253 e. The predicted octanol–water partition coefficient (Wildman–Crippen LogP) is 3.83. The SMILES string of the molecule is CC(C)OCCN1CCCCCN(C(=O)c2ccccc2)CC(C)(C)OCC1. The van der Waals surface area contributed by atoms with E-state index in [-0.39, 0.29) is 17.6 Å². The van der Waals surface area contributed by atoms with Gasteiger partial charge in [0.05, 0.1) is 24.9 Å². The molecule has 0 saturated carbocycles. The fourth-order valence-corrected chi connectivity index (χ4v) is 3.54. The Bertz CT molecular complexity index is 574. The average molecular weight is 391 g/mol. The van der Waals surface area contributed by atoms with Crippen LogP contribution in [0.15, 0.2) is 30.3 Å². The van der Waals surface area contributed by atoms with Gasteiger partial charge < -0.3 is 14.4 Å². The van der Waals surface area contributed by atoms with E-state index in [0.29, 0.717) is 13.2 Å². The molecule has 1 aromatic carbocycles. The zero-order valence-corrected chi connectivity index (χ0v) is 18.2. The highest BCUT2D eigenvalue weighted by Crippen LogP contribution is 2.17. The van der Waals surface area contributed by atoms with Gasteiger partial charge in [0.15, 0.2) is 0 Å². The van der Waals surface area contributed by atoms with Crippen LogP contribution in [0.25, 0.3) is 0 Å². The molecule has 1 fully saturated rings. The highest BCUT2D eigenvalue weighted by molar-refractivity contribution is 5.94. The Hall–Kier alpha value is -1.43. The second kappa shape index (κ2) is 11.5. The Kier molecular flexibility index (Phi) is 9.42. The van der Waals surface area contributed by atoms with Crippen molar-refractivity contribution >= 4 is 5.91 Å². The third-order valence-corrected chi connectivity index (χ3v) is 5.04. The Labute approximate surface area is 171 Å². The summed E-state index contributed by atoms with van der Waals surface area (Å²) >= 11 is 0. The lowest BCUT2D eigenvalue weighted by Crippen LogP contribution is -2.45. The molecule has 1 saturated heterocycles. The minimum atomic E-state index is -0.371. The lowest BCUT2D eigenvalue weighted by atomic mass is 10.1. The van der Waals surface area contributed by atoms with E-state index in [1.807, 2.05) is 35.2 Å². The maximum atomic E-state index is 13.0. The fourth-order valence-electron chi connectivity index (χ4n) is 3.54. The van der Waals surface area contributed by atoms with E-state index in [0.717, 1.165) is 57.6 Å². The van der Waals surface area contributed by atoms with Gasteiger partial charge in [0.1, 0.15) is 0 Å². The van der Waals surface area contributed by atoms with E-state index in [2.05, 4.69) is 32.6 Å². The zero-order valence-electron chi connectivity index (χ0n) is 18.2. The van der Waals surface area contributed by atoms with Crippen molar-refractivity contribution in [3.05, 3.63) is 35.9 Å². The molecule has 28 heavy (non-hydrogen) atoms. The molecule has 1 heterocycles. The van der Waals surface area contributed by atoms with Gasteiger partial charge in [-0.15, -0.1) is 0 Å². The fraction of sp³-hybridized carbons (Fsp3) is 0.696. The minimum Gasteiger partial charge on any atom is -0.377 e. The molecular formula is C23H38N2O3. The van der Waals surface area contributed by atoms with Crippen molar-refractivity contribution in [3.63, 3.8) is 0 Å². The highest BCUT2D eigenvalue weighted by Gasteiger charge is 2.26. The number of hydrogen-bond acceptors (Lipinski definition) is 4. The van der Waals surface area contributed by atoms with Crippen LogP contribution in [0.1, 0.15) is 57.3 Å². The number of amides is 1. The third kappa shape index (κ3) is 8.29. The molecule has 0 aliphatic carbocycles. The molecule has 2 rings (SSSR count). The van der Waals surface area contributed by atoms with Crippen molar-refractivity contribution in [3.8, 4) is 0 Å². The van der Waals surface area contributed by atoms with Crippen molar-refractivity contribution in [2.75, 3.05) is 45.9 Å². The highest BCUT2D eigenvalue weighted by atomic mass is 16.5. The Morgan fingerprint density at radius 2 is 1.82 bits per heavy atom. The van der Waals surface area contributed by atoms with Crippen LogP contribution in [0.3, 0.4) is 0 Å². The Morgan fingerprint density at radius 1 is 1.11 bits per heavy atom. The van der Waals surface area contributed by atoms with Crippen LogP contribution < -0.4 is 0 Å². The third-order valence-electron chi connectivity index (χ3n) is 5.04. The average Bonchev–Trinajstić information content (AvgIpc) is 2.65. The quantitative estimate of drug-likeness (QED) is 0.766. The van der Waals surface area contributed by atoms with Gasteiger partial charge in [-0.25, -0.2) is 0 Å². The molecule has 158 valence electrons. The molecular weight excluding hydrogens is 352 g/mol. The zero-order chi connectivity index (χ0) is 20.4. The molecule has 0 spiro atoms. The first-order valence-electron chi connectivity index (χ1n) is 10.7. The normalized spacial score (nSPS) is 19.8. The Balaban J connectivity index is 1.95. The molecule has 0 bridgehead atoms. The summed E-state index contributed by atoms with van der Waals surface area (Å²) < 4.78 is 11.9. The maximum Gasteiger partial charge on any atom is 0.253 e. The standard InChI is InChI=1S/C23H38N2O3/c1-20(2)27-17-15-24-13-9-6-10-14-25(19-23(3,4)28-18-16-24)22(26)21-11-7-5-8-12-21/h5,7-8,11-12,20H,6,9-10,13-19H2,1-4H3. The van der Waals surface area contributed by atoms with Gasteiger partial charge in [-0.1, -0.05) is 24.6 Å². The lowest BCUT2D eigenvalue weighted by Gasteiger charge is -2.34. The number of rotatable bonds is 5. The number of carbonyl (C=O) groups is 1. The van der Waals surface area contributed by atoms with Crippen LogP contribution in [0.4, 0.5) is 0 Å². The summed E-state index contributed by atoms with van der Waals surface area (Å²) in [6.07, 6.45) is 3.56. The van der Waals surface area contributed by atoms with Crippen molar-refractivity contribution in [2.45, 2.75) is 58.7 Å². The van der Waals surface area contributed by atoms with E-state index in [1.165, 1.54) is 0 Å². The number of benzene rings is 1. The molecule has 1 amide bonds. The van der Waals surface area contributed by atoms with Gasteiger partial charge >= 0.3 is 0 Å². The maximum absolute atomic E-state index is 13.0. The first-order chi connectivity index (χ1) is 13.4. The van der Waals surface area contributed by atoms with Gasteiger partial charge in [0.2, 0.25) is 0 Å². The van der Waals surface area contributed by atoms with Crippen LogP contribution in [-0.4, -0.2) is 73.3 Å². The van der Waals surface area contributed by atoms with E-state index in [9.17, 15) is 4.79 Å². The van der Waals surface area contributed by atoms with Crippen molar-refractivity contribution < 1.29 is 14.3 Å². The molecule has 0 atom stereocenters.